The molecule has 0 fully saturated rings. The van der Waals surface area contributed by atoms with E-state index in [1.165, 1.54) is 8.96 Å². The maximum atomic E-state index is 9.90. The van der Waals surface area contributed by atoms with Gasteiger partial charge in [0, 0.05) is 21.5 Å². The van der Waals surface area contributed by atoms with Crippen molar-refractivity contribution in [3.63, 3.8) is 0 Å². The van der Waals surface area contributed by atoms with E-state index in [9.17, 15) is 5.11 Å². The number of ether oxygens (including phenoxy) is 1. The Morgan fingerprint density at radius 1 is 1.15 bits per heavy atom. The van der Waals surface area contributed by atoms with Crippen LogP contribution in [0.25, 0.3) is 10.8 Å². The van der Waals surface area contributed by atoms with E-state index in [2.05, 4.69) is 47.8 Å². The third kappa shape index (κ3) is 4.07. The van der Waals surface area contributed by atoms with Crippen molar-refractivity contribution in [3.8, 4) is 5.75 Å². The number of hydrogen-bond acceptors (Lipinski definition) is 3. The van der Waals surface area contributed by atoms with Gasteiger partial charge < -0.3 is 15.2 Å². The fourth-order valence-corrected chi connectivity index (χ4v) is 2.63. The quantitative estimate of drug-likeness (QED) is 0.753. The molecule has 108 valence electrons. The van der Waals surface area contributed by atoms with Crippen molar-refractivity contribution in [3.05, 3.63) is 40.0 Å². The number of halogens is 1. The molecule has 2 rings (SSSR count). The van der Waals surface area contributed by atoms with Crippen LogP contribution < -0.4 is 10.1 Å². The first-order valence-corrected chi connectivity index (χ1v) is 7.87. The predicted octanol–water partition coefficient (Wildman–Crippen LogP) is 3.18. The predicted molar refractivity (Wildman–Crippen MR) is 91.3 cm³/mol. The van der Waals surface area contributed by atoms with Crippen LogP contribution in [0.2, 0.25) is 0 Å². The largest absolute Gasteiger partial charge is 0.490 e. The van der Waals surface area contributed by atoms with E-state index in [0.717, 1.165) is 11.1 Å². The van der Waals surface area contributed by atoms with Gasteiger partial charge in [0.15, 0.2) is 0 Å². The molecular formula is C16H20INO2. The molecule has 0 aliphatic rings. The van der Waals surface area contributed by atoms with Crippen LogP contribution in [-0.4, -0.2) is 30.4 Å². The molecule has 3 nitrogen and oxygen atoms in total. The van der Waals surface area contributed by atoms with Crippen molar-refractivity contribution in [2.24, 2.45) is 0 Å². The number of rotatable bonds is 6. The van der Waals surface area contributed by atoms with Crippen LogP contribution in [0.1, 0.15) is 13.8 Å². The fraction of sp³-hybridized carbons (Fsp3) is 0.375. The Hall–Kier alpha value is -0.850. The molecule has 0 aromatic heterocycles. The number of fused-ring (bicyclic) bond motifs is 1. The maximum absolute atomic E-state index is 9.90. The van der Waals surface area contributed by atoms with E-state index in [1.807, 2.05) is 30.3 Å². The highest BCUT2D eigenvalue weighted by atomic mass is 125. The van der Waals surface area contributed by atoms with Gasteiger partial charge in [-0.3, -0.25) is 0 Å². The molecule has 0 bridgehead atoms. The zero-order valence-electron chi connectivity index (χ0n) is 11.8. The van der Waals surface area contributed by atoms with Crippen molar-refractivity contribution >= 4 is 33.4 Å². The molecule has 0 aliphatic carbocycles. The zero-order chi connectivity index (χ0) is 14.5. The molecule has 2 aromatic rings. The molecule has 4 heteroatoms. The lowest BCUT2D eigenvalue weighted by Gasteiger charge is -2.16. The lowest BCUT2D eigenvalue weighted by atomic mass is 10.1. The minimum atomic E-state index is -0.504. The molecule has 20 heavy (non-hydrogen) atoms. The highest BCUT2D eigenvalue weighted by Crippen LogP contribution is 2.29. The number of benzene rings is 2. The first-order valence-electron chi connectivity index (χ1n) is 6.79. The molecule has 1 atom stereocenters. The summed E-state index contributed by atoms with van der Waals surface area (Å²) >= 11 is 2.32. The third-order valence-electron chi connectivity index (χ3n) is 3.02. The molecule has 0 spiro atoms. The van der Waals surface area contributed by atoms with Crippen LogP contribution >= 0.6 is 22.6 Å². The number of hydrogen-bond donors (Lipinski definition) is 2. The summed E-state index contributed by atoms with van der Waals surface area (Å²) in [6.45, 7) is 4.95. The molecule has 2 N–H and O–H groups in total. The topological polar surface area (TPSA) is 41.5 Å². The lowest BCUT2D eigenvalue weighted by Crippen LogP contribution is -2.35. The van der Waals surface area contributed by atoms with Crippen molar-refractivity contribution in [2.45, 2.75) is 26.0 Å². The minimum absolute atomic E-state index is 0.296. The molecular weight excluding hydrogens is 363 g/mol. The minimum Gasteiger partial charge on any atom is -0.490 e. The van der Waals surface area contributed by atoms with E-state index in [4.69, 9.17) is 4.74 Å². The van der Waals surface area contributed by atoms with Crippen molar-refractivity contribution in [1.29, 1.82) is 0 Å². The van der Waals surface area contributed by atoms with E-state index in [1.54, 1.807) is 0 Å². The molecule has 0 radical (unpaired) electrons. The third-order valence-corrected chi connectivity index (χ3v) is 3.96. The average Bonchev–Trinajstić information content (AvgIpc) is 2.45. The summed E-state index contributed by atoms with van der Waals surface area (Å²) < 4.78 is 6.98. The summed E-state index contributed by atoms with van der Waals surface area (Å²) in [7, 11) is 0. The number of aliphatic hydroxyl groups is 1. The van der Waals surface area contributed by atoms with E-state index >= 15 is 0 Å². The second-order valence-corrected chi connectivity index (χ2v) is 6.28. The highest BCUT2D eigenvalue weighted by molar-refractivity contribution is 14.1. The number of nitrogens with one attached hydrogen (secondary N) is 1. The summed E-state index contributed by atoms with van der Waals surface area (Å²) in [4.78, 5) is 0. The fourth-order valence-electron chi connectivity index (χ4n) is 1.98. The highest BCUT2D eigenvalue weighted by Gasteiger charge is 2.09. The molecule has 0 amide bonds. The summed E-state index contributed by atoms with van der Waals surface area (Å²) in [5.41, 5.74) is 0. The Morgan fingerprint density at radius 2 is 1.85 bits per heavy atom. The van der Waals surface area contributed by atoms with Crippen LogP contribution in [0.3, 0.4) is 0 Å². The van der Waals surface area contributed by atoms with Gasteiger partial charge in [0.1, 0.15) is 18.5 Å². The second kappa shape index (κ2) is 7.24. The molecule has 0 aliphatic heterocycles. The molecule has 2 aromatic carbocycles. The maximum Gasteiger partial charge on any atom is 0.127 e. The van der Waals surface area contributed by atoms with E-state index in [-0.39, 0.29) is 0 Å². The Morgan fingerprint density at radius 3 is 2.55 bits per heavy atom. The van der Waals surface area contributed by atoms with Crippen molar-refractivity contribution in [2.75, 3.05) is 13.2 Å². The van der Waals surface area contributed by atoms with Gasteiger partial charge >= 0.3 is 0 Å². The first kappa shape index (κ1) is 15.5. The van der Waals surface area contributed by atoms with Crippen LogP contribution in [0.15, 0.2) is 36.4 Å². The van der Waals surface area contributed by atoms with Crippen molar-refractivity contribution < 1.29 is 9.84 Å². The first-order chi connectivity index (χ1) is 9.58. The summed E-state index contributed by atoms with van der Waals surface area (Å²) in [6.07, 6.45) is -0.504. The molecule has 0 heterocycles. The zero-order valence-corrected chi connectivity index (χ0v) is 13.9. The smallest absolute Gasteiger partial charge is 0.127 e. The standard InChI is InChI=1S/C16H20INO2/c1-11(2)18-9-12(19)10-20-16-8-7-15(17)13-5-3-4-6-14(13)16/h3-8,11-12,18-19H,9-10H2,1-2H3/i17-2. The van der Waals surface area contributed by atoms with Crippen LogP contribution in [-0.2, 0) is 0 Å². The summed E-state index contributed by atoms with van der Waals surface area (Å²) in [6, 6.07) is 12.5. The monoisotopic (exact) mass is 383 g/mol. The Balaban J connectivity index is 2.05. The Labute approximate surface area is 133 Å². The van der Waals surface area contributed by atoms with Gasteiger partial charge in [-0.2, -0.15) is 0 Å². The average molecular weight is 383 g/mol. The SMILES string of the molecule is CC(C)NCC(O)COc1ccc([125I])c2ccccc12. The molecule has 0 saturated heterocycles. The Kier molecular flexibility index (Phi) is 5.63. The number of aliphatic hydroxyl groups excluding tert-OH is 1. The van der Waals surface area contributed by atoms with Gasteiger partial charge in [0.05, 0.1) is 0 Å². The van der Waals surface area contributed by atoms with Gasteiger partial charge in [-0.25, -0.2) is 0 Å². The van der Waals surface area contributed by atoms with Crippen LogP contribution in [0.5, 0.6) is 5.75 Å². The van der Waals surface area contributed by atoms with Crippen molar-refractivity contribution in [1.82, 2.24) is 5.32 Å². The van der Waals surface area contributed by atoms with Crippen LogP contribution in [0.4, 0.5) is 0 Å². The molecule has 0 saturated carbocycles. The Bertz CT molecular complexity index is 571. The summed E-state index contributed by atoms with van der Waals surface area (Å²) in [5.74, 6) is 0.824. The lowest BCUT2D eigenvalue weighted by molar-refractivity contribution is 0.105. The van der Waals surface area contributed by atoms with Gasteiger partial charge in [-0.15, -0.1) is 0 Å². The summed E-state index contributed by atoms with van der Waals surface area (Å²) in [5, 5.41) is 15.4. The van der Waals surface area contributed by atoms with Crippen LogP contribution in [0, 0.1) is 3.57 Å². The second-order valence-electron chi connectivity index (χ2n) is 5.12. The molecule has 1 unspecified atom stereocenters. The van der Waals surface area contributed by atoms with E-state index in [0.29, 0.717) is 19.2 Å². The van der Waals surface area contributed by atoms with Gasteiger partial charge in [0.2, 0.25) is 0 Å². The van der Waals surface area contributed by atoms with Gasteiger partial charge in [0.25, 0.3) is 0 Å². The normalized spacial score (nSPS) is 12.8. The van der Waals surface area contributed by atoms with E-state index < -0.39 is 6.10 Å². The van der Waals surface area contributed by atoms with Gasteiger partial charge in [-0.05, 0) is 40.1 Å². The van der Waals surface area contributed by atoms with Gasteiger partial charge in [-0.1, -0.05) is 38.1 Å².